The van der Waals surface area contributed by atoms with Crippen LogP contribution in [0.15, 0.2) is 91.0 Å². The molecule has 1 nitrogen and oxygen atoms in total. The second-order valence-electron chi connectivity index (χ2n) is 7.25. The Labute approximate surface area is 287 Å². The van der Waals surface area contributed by atoms with Crippen LogP contribution in [0.4, 0.5) is 0 Å². The molecule has 2 atom stereocenters. The van der Waals surface area contributed by atoms with E-state index in [-0.39, 0.29) is 82.5 Å². The third-order valence-electron chi connectivity index (χ3n) is 4.77. The molecule has 3 aromatic rings. The molecular formula is C29H33Cl5NPPdRu. The molecule has 0 N–H and O–H groups in total. The van der Waals surface area contributed by atoms with E-state index in [9.17, 15) is 0 Å². The van der Waals surface area contributed by atoms with Gasteiger partial charge in [0.1, 0.15) is 0 Å². The maximum Gasteiger partial charge on any atom is 2.00 e. The fourth-order valence-corrected chi connectivity index (χ4v) is 4.40. The fourth-order valence-electron chi connectivity index (χ4n) is 2.94. The molecule has 0 fully saturated rings. The molecule has 0 aromatic heterocycles. The summed E-state index contributed by atoms with van der Waals surface area (Å²) in [4.78, 5) is 2.23. The number of hydrogen-bond acceptors (Lipinski definition) is 1. The van der Waals surface area contributed by atoms with Crippen molar-refractivity contribution in [3.8, 4) is 11.6 Å². The first-order valence-electron chi connectivity index (χ1n) is 10.7. The molecule has 0 saturated heterocycles. The van der Waals surface area contributed by atoms with E-state index < -0.39 is 7.92 Å². The van der Waals surface area contributed by atoms with Crippen molar-refractivity contribution < 1.29 is 77.1 Å². The van der Waals surface area contributed by atoms with Gasteiger partial charge in [0.15, 0.2) is 0 Å². The molecule has 212 valence electrons. The van der Waals surface area contributed by atoms with E-state index >= 15 is 0 Å². The molecule has 0 heterocycles. The van der Waals surface area contributed by atoms with Gasteiger partial charge in [-0.15, -0.1) is 40.8 Å². The molecular weight excluding hydrogens is 778 g/mol. The monoisotopic (exact) mass is 809 g/mol. The van der Waals surface area contributed by atoms with E-state index in [0.717, 1.165) is 0 Å². The summed E-state index contributed by atoms with van der Waals surface area (Å²) in [6.07, 6.45) is 0. The van der Waals surface area contributed by atoms with Crippen LogP contribution < -0.4 is 42.5 Å². The zero-order valence-electron chi connectivity index (χ0n) is 21.9. The second-order valence-corrected chi connectivity index (χ2v) is 9.69. The van der Waals surface area contributed by atoms with Gasteiger partial charge in [-0.2, -0.15) is 5.56 Å². The second kappa shape index (κ2) is 30.1. The Balaban J connectivity index is -0.000000223. The minimum Gasteiger partial charge on any atom is -1.00 e. The molecule has 1 unspecified atom stereocenters. The predicted molar refractivity (Wildman–Crippen MR) is 150 cm³/mol. The molecule has 0 bridgehead atoms. The van der Waals surface area contributed by atoms with Crippen LogP contribution >= 0.6 is 31.1 Å². The standard InChI is InChI=1S/C22H25NP.C6H6.CH2Cl2.3ClH.Pd.Ru/c1-6-16-24(20-12-8-7-9-13-20)17-18(2)21-14-10-11-15-22(21)19(3)23(4)5;1-2-4-6-5-3-1;2-1-3;;;;;/h7-15,19H,1-5H3;1-6H;1H2;3*1H;;/q-1;;;;;;2*+2/p-3/t19-,24?;;;;;;;/m0......./s1. The summed E-state index contributed by atoms with van der Waals surface area (Å²) in [6.45, 7) is 6.28. The Kier molecular flexibility index (Phi) is 37.8. The third kappa shape index (κ3) is 19.2. The van der Waals surface area contributed by atoms with Gasteiger partial charge < -0.3 is 42.1 Å². The zero-order chi connectivity index (χ0) is 24.5. The van der Waals surface area contributed by atoms with Crippen molar-refractivity contribution in [1.82, 2.24) is 4.90 Å². The summed E-state index contributed by atoms with van der Waals surface area (Å²) < 4.78 is 0. The summed E-state index contributed by atoms with van der Waals surface area (Å²) in [7, 11) is 3.50. The van der Waals surface area contributed by atoms with Crippen molar-refractivity contribution in [1.29, 1.82) is 0 Å². The van der Waals surface area contributed by atoms with Gasteiger partial charge >= 0.3 is 39.9 Å². The van der Waals surface area contributed by atoms with Gasteiger partial charge in [-0.25, -0.2) is 11.4 Å². The molecule has 0 spiro atoms. The Bertz CT molecular complexity index is 989. The number of benzene rings is 3. The van der Waals surface area contributed by atoms with Gasteiger partial charge in [-0.3, -0.25) is 0 Å². The third-order valence-corrected chi connectivity index (χ3v) is 6.59. The molecule has 0 saturated carbocycles. The average Bonchev–Trinajstić information content (AvgIpc) is 2.85. The molecule has 0 aliphatic carbocycles. The van der Waals surface area contributed by atoms with E-state index in [1.165, 1.54) is 22.0 Å². The Hall–Kier alpha value is 0.0857. The van der Waals surface area contributed by atoms with Crippen LogP contribution in [0.25, 0.3) is 5.57 Å². The van der Waals surface area contributed by atoms with Crippen molar-refractivity contribution in [2.75, 3.05) is 19.4 Å². The number of allylic oxidation sites excluding steroid dienone is 1. The van der Waals surface area contributed by atoms with Crippen LogP contribution in [0.1, 0.15) is 37.9 Å². The van der Waals surface area contributed by atoms with Gasteiger partial charge in [0.25, 0.3) is 0 Å². The number of alkyl halides is 2. The number of rotatable bonds is 5. The van der Waals surface area contributed by atoms with Gasteiger partial charge in [-0.1, -0.05) is 105 Å². The maximum atomic E-state index is 4.76. The summed E-state index contributed by atoms with van der Waals surface area (Å²) in [5.74, 6) is 6.75. The minimum atomic E-state index is -0.728. The van der Waals surface area contributed by atoms with E-state index in [1.54, 1.807) is 0 Å². The molecule has 0 aliphatic heterocycles. The molecule has 0 radical (unpaired) electrons. The Morgan fingerprint density at radius 3 is 1.66 bits per heavy atom. The van der Waals surface area contributed by atoms with Crippen molar-refractivity contribution in [2.45, 2.75) is 26.8 Å². The minimum absolute atomic E-state index is 0. The molecule has 0 amide bonds. The van der Waals surface area contributed by atoms with Crippen LogP contribution in [0.2, 0.25) is 0 Å². The van der Waals surface area contributed by atoms with Gasteiger partial charge in [0.2, 0.25) is 0 Å². The largest absolute Gasteiger partial charge is 2.00 e. The van der Waals surface area contributed by atoms with Crippen LogP contribution in [0.3, 0.4) is 0 Å². The predicted octanol–water partition coefficient (Wildman–Crippen LogP) is -0.624. The van der Waals surface area contributed by atoms with Crippen LogP contribution in [0.5, 0.6) is 0 Å². The normalized spacial score (nSPS) is 10.6. The molecule has 3 rings (SSSR count). The van der Waals surface area contributed by atoms with Gasteiger partial charge in [-0.05, 0) is 33.2 Å². The SMILES string of the molecule is CC#CP([C-]=C(C)c1ccccc1[C@H](C)N(C)C)c1ccccc1.ClCCl.[Cl-].[Cl-].[Cl-].[Pd+2].[Ru+2].c1ccccc1. The van der Waals surface area contributed by atoms with E-state index in [4.69, 9.17) is 23.2 Å². The quantitative estimate of drug-likeness (QED) is 0.109. The van der Waals surface area contributed by atoms with Gasteiger partial charge in [0.05, 0.1) is 5.34 Å². The first-order chi connectivity index (χ1) is 16.0. The van der Waals surface area contributed by atoms with Crippen LogP contribution in [-0.2, 0) is 39.9 Å². The summed E-state index contributed by atoms with van der Waals surface area (Å²) in [6, 6.07) is 31.4. The van der Waals surface area contributed by atoms with Crippen molar-refractivity contribution in [3.05, 3.63) is 108 Å². The van der Waals surface area contributed by atoms with Crippen molar-refractivity contribution in [2.24, 2.45) is 0 Å². The maximum absolute atomic E-state index is 4.76. The fraction of sp³-hybridized carbons (Fsp3) is 0.241. The zero-order valence-corrected chi connectivity index (χ0v) is 29.9. The molecule has 3 aromatic carbocycles. The van der Waals surface area contributed by atoms with E-state index in [0.29, 0.717) is 6.04 Å². The van der Waals surface area contributed by atoms with Crippen LogP contribution in [-0.4, -0.2) is 24.3 Å². The Morgan fingerprint density at radius 2 is 1.24 bits per heavy atom. The summed E-state index contributed by atoms with van der Waals surface area (Å²) in [5.41, 5.74) is 7.12. The first kappa shape index (κ1) is 47.9. The topological polar surface area (TPSA) is 3.24 Å². The summed E-state index contributed by atoms with van der Waals surface area (Å²) in [5, 5.41) is 1.44. The molecule has 0 aliphatic rings. The number of hydrogen-bond donors (Lipinski definition) is 0. The Morgan fingerprint density at radius 1 is 0.842 bits per heavy atom. The number of halogens is 5. The van der Waals surface area contributed by atoms with Gasteiger partial charge in [0, 0.05) is 6.04 Å². The van der Waals surface area contributed by atoms with Crippen LogP contribution in [0, 0.1) is 17.4 Å². The summed E-state index contributed by atoms with van der Waals surface area (Å²) >= 11 is 9.53. The molecule has 38 heavy (non-hydrogen) atoms. The average molecular weight is 811 g/mol. The van der Waals surface area contributed by atoms with Crippen molar-refractivity contribution >= 4 is 42.0 Å². The molecule has 9 heteroatoms. The first-order valence-corrected chi connectivity index (χ1v) is 13.1. The van der Waals surface area contributed by atoms with Crippen molar-refractivity contribution in [3.63, 3.8) is 0 Å². The number of nitrogens with zero attached hydrogens (tertiary/aromatic N) is 1. The smallest absolute Gasteiger partial charge is 1.00 e. The van der Waals surface area contributed by atoms with E-state index in [1.807, 2.05) is 49.4 Å². The van der Waals surface area contributed by atoms with E-state index in [2.05, 4.69) is 98.8 Å².